The number of allylic oxidation sites excluding steroid dienone is 1. The number of aliphatic carboxylic acids is 1. The van der Waals surface area contributed by atoms with Crippen molar-refractivity contribution in [2.45, 2.75) is 214 Å². The molecule has 2 aromatic carbocycles. The first kappa shape index (κ1) is 90.3. The Morgan fingerprint density at radius 1 is 0.771 bits per heavy atom. The van der Waals surface area contributed by atoms with E-state index in [0.29, 0.717) is 12.8 Å². The molecular weight excluding hydrogens is 1430 g/mol. The molecule has 0 radical (unpaired) electrons. The SMILES string of the molecule is CCC1COC(C(N)=O)C(O)C(NC(=O)C(CC(=O)C(CO)NC(=O)C(CNC(=O)C(C)Nc2c3c(O)c4c(O)c(C)c5c(c4c2O)C(=O)C(C)(OC=CC(OC)C(C)C(OC(C)=O)C(C)C(O)C(C)CC(C)CC(C)C=C(C)C(=O)N3)O5)NC(=O)C(NC(=O)C(O)CNC(=O)C(C)C(C)O)C(=O)O)C(C)C)C1O. The van der Waals surface area contributed by atoms with Crippen molar-refractivity contribution in [3.8, 4) is 23.0 Å². The molecule has 4 heterocycles. The number of aliphatic hydroxyl groups is 6. The molecule has 22 atom stereocenters. The number of aromatic hydroxyl groups is 3. The summed E-state index contributed by atoms with van der Waals surface area (Å²) in [5.41, 5.74) is 3.45. The number of amides is 8. The minimum Gasteiger partial charge on any atom is -0.507 e. The van der Waals surface area contributed by atoms with Crippen molar-refractivity contribution < 1.29 is 132 Å². The van der Waals surface area contributed by atoms with E-state index >= 15 is 0 Å². The molecule has 0 spiro atoms. The Labute approximate surface area is 630 Å². The quantitative estimate of drug-likeness (QED) is 0.0233. The number of methoxy groups -OCH3 is 1. The van der Waals surface area contributed by atoms with Gasteiger partial charge in [0.05, 0.1) is 73.3 Å². The molecule has 36 heteroatoms. The number of phenolic OH excluding ortho intramolecular Hbond substituents is 3. The molecule has 8 amide bonds. The first-order chi connectivity index (χ1) is 50.8. The first-order valence-corrected chi connectivity index (χ1v) is 36.1. The fourth-order valence-corrected chi connectivity index (χ4v) is 13.6. The number of carboxylic acids is 1. The average Bonchev–Trinajstić information content (AvgIpc) is 1.62. The number of fused-ring (bicyclic) bond motifs is 15. The number of carboxylic acid groups (broad SMARTS) is 1. The maximum Gasteiger partial charge on any atom is 0.336 e. The zero-order chi connectivity index (χ0) is 82.5. The summed E-state index contributed by atoms with van der Waals surface area (Å²) in [4.78, 5) is 164. The maximum absolute atomic E-state index is 15.0. The van der Waals surface area contributed by atoms with Crippen LogP contribution in [0.3, 0.4) is 0 Å². The lowest BCUT2D eigenvalue weighted by molar-refractivity contribution is -0.159. The minimum absolute atomic E-state index is 0.0413. The van der Waals surface area contributed by atoms with Crippen molar-refractivity contribution in [1.29, 1.82) is 0 Å². The van der Waals surface area contributed by atoms with Crippen LogP contribution in [0.1, 0.15) is 139 Å². The van der Waals surface area contributed by atoms with Crippen molar-refractivity contribution in [2.75, 3.05) is 44.0 Å². The number of phenols is 3. The Morgan fingerprint density at radius 2 is 1.39 bits per heavy atom. The van der Waals surface area contributed by atoms with Crippen molar-refractivity contribution in [2.24, 2.45) is 59.0 Å². The molecule has 0 saturated carbocycles. The highest BCUT2D eigenvalue weighted by Gasteiger charge is 2.51. The summed E-state index contributed by atoms with van der Waals surface area (Å²) in [5.74, 6) is -26.1. The van der Waals surface area contributed by atoms with Crippen LogP contribution in [0.15, 0.2) is 24.0 Å². The van der Waals surface area contributed by atoms with E-state index in [0.717, 1.165) is 13.2 Å². The molecule has 20 N–H and O–H groups in total. The van der Waals surface area contributed by atoms with Gasteiger partial charge < -0.3 is 123 Å². The van der Waals surface area contributed by atoms with Gasteiger partial charge in [-0.1, -0.05) is 68.4 Å². The molecule has 2 aromatic rings. The van der Waals surface area contributed by atoms with Gasteiger partial charge in [-0.25, -0.2) is 4.79 Å². The Balaban J connectivity index is 1.59. The number of benzene rings is 2. The normalized spacial score (nSPS) is 27.1. The highest BCUT2D eigenvalue weighted by Crippen LogP contribution is 2.57. The van der Waals surface area contributed by atoms with Crippen LogP contribution in [0.4, 0.5) is 11.4 Å². The van der Waals surface area contributed by atoms with Crippen molar-refractivity contribution in [3.05, 3.63) is 35.1 Å². The molecule has 4 aliphatic heterocycles. The summed E-state index contributed by atoms with van der Waals surface area (Å²) in [6, 6.07) is -10.3. The van der Waals surface area contributed by atoms with Gasteiger partial charge in [0.15, 0.2) is 17.6 Å². The van der Waals surface area contributed by atoms with Crippen LogP contribution >= 0.6 is 0 Å². The zero-order valence-electron chi connectivity index (χ0n) is 64.1. The number of hydrogen-bond acceptors (Lipinski definition) is 27. The Bertz CT molecular complexity index is 3770. The monoisotopic (exact) mass is 1540 g/mol. The second kappa shape index (κ2) is 38.9. The van der Waals surface area contributed by atoms with Crippen LogP contribution in [0.2, 0.25) is 0 Å². The number of nitrogens with one attached hydrogen (secondary N) is 8. The number of ether oxygens (including phenoxy) is 5. The van der Waals surface area contributed by atoms with Gasteiger partial charge in [-0.05, 0) is 76.7 Å². The third-order valence-corrected chi connectivity index (χ3v) is 20.4. The standard InChI is InChI=1S/C73H109N9O27/c1-17-40-27-106-62(64(74)95)59(93)52(56(40)90)81-68(99)41(28(2)3)23-44(86)43(26-83)79-69(100)42(78-71(102)53(72(103)104)82-70(101)45(87)25-76-66(97)33(8)38(13)84)24-75-67(98)37(12)77-50-51-58(92)48-47(57(50)91)49-61(36(11)55(48)89)109-73(15,63(49)94)107-19-18-46(105-16)34(9)60(108-39(14)85)35(10)54(88)31(6)21-29(4)20-30(5)22-32(7)65(96)80-51/h18-19,22,28-31,33-35,37-38,40-43,45-46,52-54,56,59-60,62,77,83-84,87-93H,17,20-21,23-27H2,1-16H3,(H2,74,95)(H,75,98)(H,76,97)(H,78,102)(H,79,100)(H,80,96)(H,81,99)(H,82,101)(H,103,104). The molecule has 22 unspecified atom stereocenters. The van der Waals surface area contributed by atoms with E-state index in [2.05, 4.69) is 31.9 Å². The van der Waals surface area contributed by atoms with E-state index in [1.807, 2.05) is 26.1 Å². The van der Waals surface area contributed by atoms with Crippen LogP contribution in [-0.2, 0) is 71.7 Å². The van der Waals surface area contributed by atoms with Gasteiger partial charge in [0.2, 0.25) is 35.6 Å². The fraction of sp³-hybridized carbons (Fsp3) is 0.644. The number of primary amides is 1. The Kier molecular flexibility index (Phi) is 32.2. The van der Waals surface area contributed by atoms with Crippen molar-refractivity contribution >= 4 is 92.9 Å². The minimum atomic E-state index is -2.69. The van der Waals surface area contributed by atoms with Gasteiger partial charge in [-0.3, -0.25) is 52.7 Å². The fourth-order valence-electron chi connectivity index (χ4n) is 13.6. The molecule has 109 heavy (non-hydrogen) atoms. The molecule has 608 valence electrons. The van der Waals surface area contributed by atoms with Gasteiger partial charge >= 0.3 is 17.7 Å². The lowest BCUT2D eigenvalue weighted by atomic mass is 9.78. The van der Waals surface area contributed by atoms with Gasteiger partial charge in [0, 0.05) is 74.1 Å². The maximum atomic E-state index is 15.0. The number of anilines is 2. The van der Waals surface area contributed by atoms with Crippen molar-refractivity contribution in [3.63, 3.8) is 0 Å². The number of rotatable bonds is 27. The molecule has 36 nitrogen and oxygen atoms in total. The predicted octanol–water partition coefficient (Wildman–Crippen LogP) is -0.456. The molecule has 0 aliphatic carbocycles. The van der Waals surface area contributed by atoms with Crippen molar-refractivity contribution in [1.82, 2.24) is 31.9 Å². The van der Waals surface area contributed by atoms with Gasteiger partial charge in [-0.2, -0.15) is 0 Å². The third-order valence-electron chi connectivity index (χ3n) is 20.4. The van der Waals surface area contributed by atoms with E-state index in [9.17, 15) is 109 Å². The Hall–Kier alpha value is -9.30. The van der Waals surface area contributed by atoms with Gasteiger partial charge in [0.1, 0.15) is 65.1 Å². The highest BCUT2D eigenvalue weighted by molar-refractivity contribution is 6.24. The number of ketones is 2. The lowest BCUT2D eigenvalue weighted by Crippen LogP contribution is -2.62. The summed E-state index contributed by atoms with van der Waals surface area (Å²) in [7, 11) is 1.37. The summed E-state index contributed by atoms with van der Waals surface area (Å²) in [5, 5.41) is 130. The number of hydrogen-bond donors (Lipinski definition) is 19. The van der Waals surface area contributed by atoms with Crippen LogP contribution < -0.4 is 53.0 Å². The van der Waals surface area contributed by atoms with E-state index in [4.69, 9.17) is 29.4 Å². The summed E-state index contributed by atoms with van der Waals surface area (Å²) in [6.07, 6.45) is -6.85. The number of esters is 1. The first-order valence-electron chi connectivity index (χ1n) is 36.1. The van der Waals surface area contributed by atoms with E-state index in [-0.39, 0.29) is 47.7 Å². The second-order valence-electron chi connectivity index (χ2n) is 29.4. The topological polar surface area (TPSA) is 576 Å². The Morgan fingerprint density at radius 3 is 1.96 bits per heavy atom. The number of aliphatic hydroxyl groups excluding tert-OH is 6. The molecule has 0 aromatic heterocycles. The van der Waals surface area contributed by atoms with Crippen LogP contribution in [0.5, 0.6) is 23.0 Å². The van der Waals surface area contributed by atoms with E-state index < -0.39 is 262 Å². The molecule has 1 saturated heterocycles. The second-order valence-corrected chi connectivity index (χ2v) is 29.4. The largest absolute Gasteiger partial charge is 0.507 e. The molecule has 4 aliphatic rings. The number of carbonyl (C=O) groups is 12. The van der Waals surface area contributed by atoms with Crippen LogP contribution in [-0.4, -0.2) is 240 Å². The predicted molar refractivity (Wildman–Crippen MR) is 388 cm³/mol. The zero-order valence-corrected chi connectivity index (χ0v) is 64.1. The summed E-state index contributed by atoms with van der Waals surface area (Å²) in [6.45, 7) is 19.2. The number of carbonyl (C=O) groups excluding carboxylic acids is 11. The average molecular weight is 1540 g/mol. The third kappa shape index (κ3) is 21.8. The molecular formula is C73H109N9O27. The van der Waals surface area contributed by atoms with E-state index in [1.54, 1.807) is 32.2 Å². The highest BCUT2D eigenvalue weighted by atomic mass is 16.7. The summed E-state index contributed by atoms with van der Waals surface area (Å²) < 4.78 is 29.3. The lowest BCUT2D eigenvalue weighted by Gasteiger charge is -2.37. The van der Waals surface area contributed by atoms with Crippen LogP contribution in [0, 0.1) is 60.2 Å². The smallest absolute Gasteiger partial charge is 0.336 e. The molecule has 6 rings (SSSR count). The van der Waals surface area contributed by atoms with E-state index in [1.165, 1.54) is 68.6 Å². The van der Waals surface area contributed by atoms with Crippen LogP contribution in [0.25, 0.3) is 10.8 Å². The summed E-state index contributed by atoms with van der Waals surface area (Å²) >= 11 is 0. The number of nitrogens with two attached hydrogens (primary N) is 1. The van der Waals surface area contributed by atoms with Gasteiger partial charge in [0.25, 0.3) is 23.5 Å². The van der Waals surface area contributed by atoms with Gasteiger partial charge in [-0.15, -0.1) is 0 Å². The molecule has 5 bridgehead atoms. The molecule has 1 fully saturated rings. The number of Topliss-reactive ketones (excluding diaryl/α,β-unsaturated/α-hetero) is 2.